The number of hydrogen-bond donors (Lipinski definition) is 0. The van der Waals surface area contributed by atoms with Gasteiger partial charge in [0.2, 0.25) is 5.91 Å². The van der Waals surface area contributed by atoms with Crippen molar-refractivity contribution in [2.45, 2.75) is 58.0 Å². The van der Waals surface area contributed by atoms with Gasteiger partial charge in [-0.2, -0.15) is 0 Å². The first-order chi connectivity index (χ1) is 13.5. The minimum Gasteiger partial charge on any atom is -0.332 e. The van der Waals surface area contributed by atoms with Gasteiger partial charge in [0.1, 0.15) is 0 Å². The molecule has 3 heterocycles. The maximum Gasteiger partial charge on any atom is 0.230 e. The molecule has 4 rings (SSSR count). The van der Waals surface area contributed by atoms with E-state index in [-0.39, 0.29) is 17.9 Å². The zero-order valence-corrected chi connectivity index (χ0v) is 17.2. The molecular formula is C23H30N4O. The highest BCUT2D eigenvalue weighted by atomic mass is 16.2. The average molecular weight is 379 g/mol. The molecule has 0 unspecified atom stereocenters. The molecule has 2 aliphatic heterocycles. The van der Waals surface area contributed by atoms with Gasteiger partial charge in [0.25, 0.3) is 0 Å². The summed E-state index contributed by atoms with van der Waals surface area (Å²) in [6.45, 7) is 6.82. The van der Waals surface area contributed by atoms with Gasteiger partial charge in [-0.05, 0) is 45.7 Å². The van der Waals surface area contributed by atoms with Gasteiger partial charge in [-0.1, -0.05) is 29.8 Å². The Balaban J connectivity index is 1.58. The first-order valence-corrected chi connectivity index (χ1v) is 10.4. The summed E-state index contributed by atoms with van der Waals surface area (Å²) in [5, 5.41) is 0. The van der Waals surface area contributed by atoms with Crippen molar-refractivity contribution in [2.24, 2.45) is 0 Å². The first kappa shape index (κ1) is 19.1. The van der Waals surface area contributed by atoms with Crippen LogP contribution in [0.2, 0.25) is 0 Å². The average Bonchev–Trinajstić information content (AvgIpc) is 2.73. The molecule has 148 valence electrons. The highest BCUT2D eigenvalue weighted by Gasteiger charge is 2.33. The number of likely N-dealkylation sites (tertiary alicyclic amines) is 1. The van der Waals surface area contributed by atoms with Crippen LogP contribution < -0.4 is 0 Å². The van der Waals surface area contributed by atoms with Crippen LogP contribution in [-0.4, -0.2) is 45.8 Å². The maximum atomic E-state index is 13.4. The SMILES string of the molecule is Cc1ccc([C@H](C)C(=O)N2CCCC[C@@H]2c2ncc3c(n2)CCN(C)C3)cc1. The van der Waals surface area contributed by atoms with E-state index in [1.807, 2.05) is 18.0 Å². The number of carbonyl (C=O) groups excluding carboxylic acids is 1. The largest absolute Gasteiger partial charge is 0.332 e. The predicted molar refractivity (Wildman–Crippen MR) is 110 cm³/mol. The molecule has 1 amide bonds. The summed E-state index contributed by atoms with van der Waals surface area (Å²) < 4.78 is 0. The maximum absolute atomic E-state index is 13.4. The molecule has 2 aliphatic rings. The highest BCUT2D eigenvalue weighted by molar-refractivity contribution is 5.83. The van der Waals surface area contributed by atoms with Crippen LogP contribution >= 0.6 is 0 Å². The van der Waals surface area contributed by atoms with Crippen LogP contribution in [0.1, 0.15) is 66.4 Å². The van der Waals surface area contributed by atoms with Crippen LogP contribution in [-0.2, 0) is 17.8 Å². The number of hydrogen-bond acceptors (Lipinski definition) is 4. The van der Waals surface area contributed by atoms with Gasteiger partial charge in [0, 0.05) is 43.5 Å². The minimum atomic E-state index is -0.146. The fourth-order valence-corrected chi connectivity index (χ4v) is 4.34. The molecule has 1 fully saturated rings. The lowest BCUT2D eigenvalue weighted by Crippen LogP contribution is -2.41. The molecule has 0 spiro atoms. The molecule has 0 bridgehead atoms. The quantitative estimate of drug-likeness (QED) is 0.818. The normalized spacial score (nSPS) is 21.2. The van der Waals surface area contributed by atoms with E-state index in [4.69, 9.17) is 9.97 Å². The van der Waals surface area contributed by atoms with Crippen molar-refractivity contribution in [3.8, 4) is 0 Å². The number of fused-ring (bicyclic) bond motifs is 1. The van der Waals surface area contributed by atoms with Crippen molar-refractivity contribution < 1.29 is 4.79 Å². The van der Waals surface area contributed by atoms with Gasteiger partial charge in [-0.3, -0.25) is 4.79 Å². The number of nitrogens with zero attached hydrogens (tertiary/aromatic N) is 4. The Morgan fingerprint density at radius 1 is 1.18 bits per heavy atom. The lowest BCUT2D eigenvalue weighted by molar-refractivity contribution is -0.136. The summed E-state index contributed by atoms with van der Waals surface area (Å²) in [5.41, 5.74) is 4.67. The Labute approximate surface area is 167 Å². The minimum absolute atomic E-state index is 0.000829. The molecule has 1 saturated heterocycles. The number of piperidine rings is 1. The third-order valence-electron chi connectivity index (χ3n) is 6.18. The number of carbonyl (C=O) groups is 1. The number of benzene rings is 1. The molecule has 28 heavy (non-hydrogen) atoms. The van der Waals surface area contributed by atoms with Gasteiger partial charge < -0.3 is 9.80 Å². The van der Waals surface area contributed by atoms with Gasteiger partial charge in [-0.15, -0.1) is 0 Å². The second-order valence-electron chi connectivity index (χ2n) is 8.36. The molecule has 0 N–H and O–H groups in total. The molecule has 0 aliphatic carbocycles. The van der Waals surface area contributed by atoms with E-state index in [1.165, 1.54) is 11.1 Å². The smallest absolute Gasteiger partial charge is 0.230 e. The van der Waals surface area contributed by atoms with Crippen molar-refractivity contribution >= 4 is 5.91 Å². The topological polar surface area (TPSA) is 49.3 Å². The van der Waals surface area contributed by atoms with Crippen LogP contribution in [0.25, 0.3) is 0 Å². The lowest BCUT2D eigenvalue weighted by atomic mass is 9.94. The first-order valence-electron chi connectivity index (χ1n) is 10.4. The summed E-state index contributed by atoms with van der Waals surface area (Å²) in [5.74, 6) is 0.870. The molecule has 1 aromatic heterocycles. The third kappa shape index (κ3) is 3.81. The van der Waals surface area contributed by atoms with E-state index in [1.54, 1.807) is 0 Å². The Hall–Kier alpha value is -2.27. The molecule has 1 aromatic carbocycles. The van der Waals surface area contributed by atoms with Crippen molar-refractivity contribution in [3.63, 3.8) is 0 Å². The van der Waals surface area contributed by atoms with Gasteiger partial charge in [0.05, 0.1) is 12.0 Å². The molecule has 0 radical (unpaired) electrons. The van der Waals surface area contributed by atoms with E-state index in [0.29, 0.717) is 0 Å². The summed E-state index contributed by atoms with van der Waals surface area (Å²) >= 11 is 0. The van der Waals surface area contributed by atoms with Crippen LogP contribution in [0.3, 0.4) is 0 Å². The number of aryl methyl sites for hydroxylation is 1. The number of likely N-dealkylation sites (N-methyl/N-ethyl adjacent to an activating group) is 1. The summed E-state index contributed by atoms with van der Waals surface area (Å²) in [6.07, 6.45) is 6.07. The fraction of sp³-hybridized carbons (Fsp3) is 0.522. The molecule has 5 heteroatoms. The zero-order valence-electron chi connectivity index (χ0n) is 17.2. The van der Waals surface area contributed by atoms with Crippen molar-refractivity contribution in [1.82, 2.24) is 19.8 Å². The Kier molecular flexibility index (Phi) is 5.44. The third-order valence-corrected chi connectivity index (χ3v) is 6.18. The standard InChI is InChI=1S/C23H30N4O/c1-16-7-9-18(10-8-16)17(2)23(28)27-12-5-4-6-21(27)22-24-14-19-15-26(3)13-11-20(19)25-22/h7-10,14,17,21H,4-6,11-13,15H2,1-3H3/t17-,21+/m0/s1. The lowest BCUT2D eigenvalue weighted by Gasteiger charge is -2.37. The van der Waals surface area contributed by atoms with Gasteiger partial charge >= 0.3 is 0 Å². The monoisotopic (exact) mass is 378 g/mol. The van der Waals surface area contributed by atoms with Crippen LogP contribution in [0.4, 0.5) is 0 Å². The zero-order chi connectivity index (χ0) is 19.7. The summed E-state index contributed by atoms with van der Waals surface area (Å²) in [6, 6.07) is 8.30. The predicted octanol–water partition coefficient (Wildman–Crippen LogP) is 3.63. The Morgan fingerprint density at radius 3 is 2.75 bits per heavy atom. The second kappa shape index (κ2) is 8.00. The summed E-state index contributed by atoms with van der Waals surface area (Å²) in [4.78, 5) is 27.3. The fourth-order valence-electron chi connectivity index (χ4n) is 4.34. The van der Waals surface area contributed by atoms with Crippen molar-refractivity contribution in [1.29, 1.82) is 0 Å². The van der Waals surface area contributed by atoms with Crippen LogP contribution in [0, 0.1) is 6.92 Å². The van der Waals surface area contributed by atoms with E-state index in [2.05, 4.69) is 43.1 Å². The van der Waals surface area contributed by atoms with E-state index < -0.39 is 0 Å². The van der Waals surface area contributed by atoms with Crippen LogP contribution in [0.15, 0.2) is 30.5 Å². The Morgan fingerprint density at radius 2 is 1.96 bits per heavy atom. The highest BCUT2D eigenvalue weighted by Crippen LogP contribution is 2.33. The van der Waals surface area contributed by atoms with Crippen LogP contribution in [0.5, 0.6) is 0 Å². The van der Waals surface area contributed by atoms with Crippen molar-refractivity contribution in [2.75, 3.05) is 20.1 Å². The number of amides is 1. The van der Waals surface area contributed by atoms with E-state index >= 15 is 0 Å². The Bertz CT molecular complexity index is 848. The van der Waals surface area contributed by atoms with Gasteiger partial charge in [-0.25, -0.2) is 9.97 Å². The molecule has 2 aromatic rings. The number of rotatable bonds is 3. The number of aromatic nitrogens is 2. The molecule has 2 atom stereocenters. The molecule has 5 nitrogen and oxygen atoms in total. The molecule has 0 saturated carbocycles. The van der Waals surface area contributed by atoms with E-state index in [9.17, 15) is 4.79 Å². The van der Waals surface area contributed by atoms with E-state index in [0.717, 1.165) is 62.4 Å². The molecular weight excluding hydrogens is 348 g/mol. The summed E-state index contributed by atoms with van der Waals surface area (Å²) in [7, 11) is 2.13. The van der Waals surface area contributed by atoms with Crippen molar-refractivity contribution in [3.05, 3.63) is 58.7 Å². The van der Waals surface area contributed by atoms with Gasteiger partial charge in [0.15, 0.2) is 5.82 Å². The second-order valence-corrected chi connectivity index (χ2v) is 8.36.